The monoisotopic (exact) mass is 278 g/mol. The molecule has 3 N–H and O–H groups in total. The molecule has 0 amide bonds. The Morgan fingerprint density at radius 1 is 1.16 bits per heavy atom. The second kappa shape index (κ2) is 5.70. The van der Waals surface area contributed by atoms with E-state index in [1.807, 2.05) is 32.0 Å². The molecule has 1 atom stereocenters. The average molecular weight is 279 g/mol. The molecule has 0 bridgehead atoms. The molecule has 4 heteroatoms. The summed E-state index contributed by atoms with van der Waals surface area (Å²) in [5.74, 6) is 5.30. The van der Waals surface area contributed by atoms with Crippen LogP contribution in [0.3, 0.4) is 0 Å². The van der Waals surface area contributed by atoms with E-state index in [-0.39, 0.29) is 11.9 Å². The fourth-order valence-electron chi connectivity index (χ4n) is 2.17. The van der Waals surface area contributed by atoms with Gasteiger partial charge in [0.15, 0.2) is 0 Å². The van der Waals surface area contributed by atoms with Crippen LogP contribution >= 0.6 is 11.6 Å². The number of benzene rings is 2. The average Bonchev–Trinajstić information content (AvgIpc) is 2.37. The van der Waals surface area contributed by atoms with Crippen LogP contribution in [0, 0.1) is 19.7 Å². The van der Waals surface area contributed by atoms with Crippen molar-refractivity contribution >= 4 is 11.6 Å². The van der Waals surface area contributed by atoms with E-state index in [0.717, 1.165) is 16.7 Å². The Bertz CT molecular complexity index is 599. The zero-order chi connectivity index (χ0) is 14.0. The lowest BCUT2D eigenvalue weighted by Crippen LogP contribution is -2.29. The molecule has 2 aromatic carbocycles. The first-order valence-corrected chi connectivity index (χ1v) is 6.39. The van der Waals surface area contributed by atoms with E-state index in [9.17, 15) is 4.39 Å². The predicted molar refractivity (Wildman–Crippen MR) is 76.5 cm³/mol. The smallest absolute Gasteiger partial charge is 0.124 e. The first kappa shape index (κ1) is 14.0. The maximum absolute atomic E-state index is 13.1. The second-order valence-corrected chi connectivity index (χ2v) is 4.96. The largest absolute Gasteiger partial charge is 0.271 e. The van der Waals surface area contributed by atoms with Gasteiger partial charge in [-0.3, -0.25) is 5.84 Å². The van der Waals surface area contributed by atoms with Gasteiger partial charge in [-0.1, -0.05) is 35.9 Å². The maximum Gasteiger partial charge on any atom is 0.124 e. The minimum atomic E-state index is -0.356. The minimum Gasteiger partial charge on any atom is -0.271 e. The standard InChI is InChI=1S/C15H16ClFN2/c1-9-4-3-5-12(10(9)2)15(19-18)13-7-6-11(17)8-14(13)16/h3-8,15,19H,18H2,1-2H3. The highest BCUT2D eigenvalue weighted by atomic mass is 35.5. The summed E-state index contributed by atoms with van der Waals surface area (Å²) in [5, 5.41) is 0.365. The maximum atomic E-state index is 13.1. The van der Waals surface area contributed by atoms with Gasteiger partial charge in [-0.25, -0.2) is 9.82 Å². The third kappa shape index (κ3) is 2.78. The summed E-state index contributed by atoms with van der Waals surface area (Å²) >= 11 is 6.11. The van der Waals surface area contributed by atoms with E-state index >= 15 is 0 Å². The number of hydrogen-bond donors (Lipinski definition) is 2. The third-order valence-corrected chi connectivity index (χ3v) is 3.73. The molecule has 0 fully saturated rings. The Balaban J connectivity index is 2.53. The van der Waals surface area contributed by atoms with Crippen LogP contribution in [0.15, 0.2) is 36.4 Å². The fraction of sp³-hybridized carbons (Fsp3) is 0.200. The predicted octanol–water partition coefficient (Wildman–Crippen LogP) is 3.65. The van der Waals surface area contributed by atoms with Crippen LogP contribution in [0.4, 0.5) is 4.39 Å². The van der Waals surface area contributed by atoms with Gasteiger partial charge >= 0.3 is 0 Å². The van der Waals surface area contributed by atoms with Crippen molar-refractivity contribution in [3.05, 3.63) is 69.5 Å². The van der Waals surface area contributed by atoms with E-state index in [1.54, 1.807) is 6.07 Å². The SMILES string of the molecule is Cc1cccc(C(NN)c2ccc(F)cc2Cl)c1C. The summed E-state index contributed by atoms with van der Waals surface area (Å²) in [7, 11) is 0. The molecule has 19 heavy (non-hydrogen) atoms. The Morgan fingerprint density at radius 3 is 2.53 bits per heavy atom. The van der Waals surface area contributed by atoms with E-state index in [1.165, 1.54) is 17.7 Å². The van der Waals surface area contributed by atoms with Crippen molar-refractivity contribution in [3.8, 4) is 0 Å². The van der Waals surface area contributed by atoms with Crippen molar-refractivity contribution in [1.82, 2.24) is 5.43 Å². The van der Waals surface area contributed by atoms with Crippen molar-refractivity contribution in [1.29, 1.82) is 0 Å². The van der Waals surface area contributed by atoms with E-state index in [4.69, 9.17) is 17.4 Å². The summed E-state index contributed by atoms with van der Waals surface area (Å²) in [6.45, 7) is 4.07. The molecule has 0 saturated heterocycles. The van der Waals surface area contributed by atoms with Gasteiger partial charge in [-0.15, -0.1) is 0 Å². The number of aryl methyl sites for hydroxylation is 1. The van der Waals surface area contributed by atoms with Crippen molar-refractivity contribution in [2.45, 2.75) is 19.9 Å². The second-order valence-electron chi connectivity index (χ2n) is 4.55. The Hall–Kier alpha value is -1.42. The molecular weight excluding hydrogens is 263 g/mol. The summed E-state index contributed by atoms with van der Waals surface area (Å²) in [6.07, 6.45) is 0. The molecule has 2 aromatic rings. The van der Waals surface area contributed by atoms with Crippen LogP contribution in [0.25, 0.3) is 0 Å². The van der Waals surface area contributed by atoms with E-state index in [0.29, 0.717) is 5.02 Å². The van der Waals surface area contributed by atoms with Crippen molar-refractivity contribution in [3.63, 3.8) is 0 Å². The topological polar surface area (TPSA) is 38.0 Å². The molecule has 0 radical (unpaired) electrons. The Labute approximate surface area is 117 Å². The first-order valence-electron chi connectivity index (χ1n) is 6.01. The normalized spacial score (nSPS) is 12.5. The van der Waals surface area contributed by atoms with Crippen LogP contribution in [-0.2, 0) is 0 Å². The third-order valence-electron chi connectivity index (χ3n) is 3.40. The molecule has 0 saturated carbocycles. The van der Waals surface area contributed by atoms with Crippen LogP contribution in [0.5, 0.6) is 0 Å². The first-order chi connectivity index (χ1) is 9.04. The number of halogens is 2. The van der Waals surface area contributed by atoms with Gasteiger partial charge in [-0.2, -0.15) is 0 Å². The van der Waals surface area contributed by atoms with Crippen LogP contribution in [0.2, 0.25) is 5.02 Å². The summed E-state index contributed by atoms with van der Waals surface area (Å²) in [5.41, 5.74) is 6.88. The molecular formula is C15H16ClFN2. The van der Waals surface area contributed by atoms with Gasteiger partial charge in [0.25, 0.3) is 0 Å². The fourth-order valence-corrected chi connectivity index (χ4v) is 2.45. The lowest BCUT2D eigenvalue weighted by molar-refractivity contribution is 0.614. The van der Waals surface area contributed by atoms with Crippen LogP contribution in [0.1, 0.15) is 28.3 Å². The Morgan fingerprint density at radius 2 is 1.89 bits per heavy atom. The Kier molecular flexibility index (Phi) is 4.20. The van der Waals surface area contributed by atoms with Gasteiger partial charge < -0.3 is 0 Å². The molecule has 2 rings (SSSR count). The van der Waals surface area contributed by atoms with E-state index < -0.39 is 0 Å². The van der Waals surface area contributed by atoms with Crippen molar-refractivity contribution in [2.24, 2.45) is 5.84 Å². The van der Waals surface area contributed by atoms with Crippen LogP contribution < -0.4 is 11.3 Å². The molecule has 0 spiro atoms. The zero-order valence-corrected chi connectivity index (χ0v) is 11.6. The highest BCUT2D eigenvalue weighted by molar-refractivity contribution is 6.31. The van der Waals surface area contributed by atoms with Gasteiger partial charge in [0.1, 0.15) is 5.82 Å². The highest BCUT2D eigenvalue weighted by Crippen LogP contribution is 2.30. The number of hydrogen-bond acceptors (Lipinski definition) is 2. The molecule has 0 aliphatic heterocycles. The van der Waals surface area contributed by atoms with Crippen molar-refractivity contribution < 1.29 is 4.39 Å². The number of rotatable bonds is 3. The summed E-state index contributed by atoms with van der Waals surface area (Å²) < 4.78 is 13.1. The molecule has 0 heterocycles. The molecule has 1 unspecified atom stereocenters. The highest BCUT2D eigenvalue weighted by Gasteiger charge is 2.18. The number of nitrogens with one attached hydrogen (secondary N) is 1. The van der Waals surface area contributed by atoms with Gasteiger partial charge in [0, 0.05) is 5.02 Å². The molecule has 100 valence electrons. The van der Waals surface area contributed by atoms with Crippen LogP contribution in [-0.4, -0.2) is 0 Å². The van der Waals surface area contributed by atoms with Gasteiger partial charge in [-0.05, 0) is 48.2 Å². The molecule has 0 aromatic heterocycles. The van der Waals surface area contributed by atoms with E-state index in [2.05, 4.69) is 5.43 Å². The summed E-state index contributed by atoms with van der Waals surface area (Å²) in [6, 6.07) is 10.1. The molecule has 0 aliphatic rings. The lowest BCUT2D eigenvalue weighted by Gasteiger charge is -2.21. The molecule has 2 nitrogen and oxygen atoms in total. The summed E-state index contributed by atoms with van der Waals surface area (Å²) in [4.78, 5) is 0. The van der Waals surface area contributed by atoms with Gasteiger partial charge in [0.2, 0.25) is 0 Å². The number of hydrazine groups is 1. The molecule has 0 aliphatic carbocycles. The quantitative estimate of drug-likeness (QED) is 0.664. The lowest BCUT2D eigenvalue weighted by atomic mass is 9.93. The van der Waals surface area contributed by atoms with Crippen molar-refractivity contribution in [2.75, 3.05) is 0 Å². The van der Waals surface area contributed by atoms with Gasteiger partial charge in [0.05, 0.1) is 6.04 Å². The zero-order valence-electron chi connectivity index (χ0n) is 10.9. The minimum absolute atomic E-state index is 0.256. The number of nitrogens with two attached hydrogens (primary N) is 1.